The largest absolute Gasteiger partial charge is 0.484 e. The van der Waals surface area contributed by atoms with Gasteiger partial charge < -0.3 is 33.2 Å². The molecular weight excluding hydrogens is 765 g/mol. The van der Waals surface area contributed by atoms with E-state index < -0.39 is 9.84 Å². The molecule has 0 spiro atoms. The second-order valence-electron chi connectivity index (χ2n) is 15.0. The summed E-state index contributed by atoms with van der Waals surface area (Å²) in [5.41, 5.74) is 2.55. The van der Waals surface area contributed by atoms with Crippen LogP contribution in [0.5, 0.6) is 5.75 Å². The summed E-state index contributed by atoms with van der Waals surface area (Å²) in [5, 5.41) is 0. The highest BCUT2D eigenvalue weighted by Crippen LogP contribution is 2.39. The molecule has 1 heterocycles. The highest BCUT2D eigenvalue weighted by atomic mass is 32.2. The predicted molar refractivity (Wildman–Crippen MR) is 222 cm³/mol. The third kappa shape index (κ3) is 18.2. The third-order valence-electron chi connectivity index (χ3n) is 10.2. The first-order chi connectivity index (χ1) is 28.3. The van der Waals surface area contributed by atoms with Crippen molar-refractivity contribution in [2.24, 2.45) is 0 Å². The lowest BCUT2D eigenvalue weighted by Gasteiger charge is -2.35. The Morgan fingerprint density at radius 3 is 1.76 bits per heavy atom. The van der Waals surface area contributed by atoms with Gasteiger partial charge in [0.2, 0.25) is 0 Å². The van der Waals surface area contributed by atoms with E-state index in [2.05, 4.69) is 29.2 Å². The molecule has 14 heteroatoms. The van der Waals surface area contributed by atoms with E-state index in [-0.39, 0.29) is 47.5 Å². The van der Waals surface area contributed by atoms with Crippen LogP contribution >= 0.6 is 0 Å². The Balaban J connectivity index is 0.958. The molecule has 2 aromatic carbocycles. The van der Waals surface area contributed by atoms with Crippen LogP contribution < -0.4 is 4.74 Å². The van der Waals surface area contributed by atoms with Crippen molar-refractivity contribution in [2.75, 3.05) is 118 Å². The number of hydrogen-bond donors (Lipinski definition) is 0. The lowest BCUT2D eigenvalue weighted by molar-refractivity contribution is -0.122. The predicted octanol–water partition coefficient (Wildman–Crippen LogP) is 5.13. The van der Waals surface area contributed by atoms with E-state index in [1.807, 2.05) is 6.92 Å². The Hall–Kier alpha value is -2.79. The maximum atomic E-state index is 13.0. The second-order valence-corrected chi connectivity index (χ2v) is 17.1. The number of Topliss-reactive ketones (excluding diaryl/α,β-unsaturated/α-hetero) is 2. The SMILES string of the molecule is CCOCCOCCOCCCC(=O)CN(C)CC(=O)CCCOCCOCCOCCCS(=O)(=O)c1ccc(O[C@H]2c3ccccc3C[C@@H]2N2CCCCC2)cc1. The minimum Gasteiger partial charge on any atom is -0.484 e. The van der Waals surface area contributed by atoms with E-state index in [4.69, 9.17) is 33.2 Å². The first-order valence-corrected chi connectivity index (χ1v) is 22.9. The van der Waals surface area contributed by atoms with Gasteiger partial charge in [-0.3, -0.25) is 19.4 Å². The number of hydrogen-bond acceptors (Lipinski definition) is 13. The van der Waals surface area contributed by atoms with Crippen molar-refractivity contribution < 1.29 is 51.2 Å². The van der Waals surface area contributed by atoms with Gasteiger partial charge in [-0.25, -0.2) is 8.42 Å². The number of likely N-dealkylation sites (N-methyl/N-ethyl adjacent to an activating group) is 1. The number of fused-ring (bicyclic) bond motifs is 1. The van der Waals surface area contributed by atoms with Crippen molar-refractivity contribution in [3.8, 4) is 5.75 Å². The highest BCUT2D eigenvalue weighted by Gasteiger charge is 2.38. The zero-order valence-electron chi connectivity index (χ0n) is 35.0. The molecule has 0 aromatic heterocycles. The van der Waals surface area contributed by atoms with E-state index >= 15 is 0 Å². The molecule has 0 bridgehead atoms. The topological polar surface area (TPSA) is 139 Å². The molecule has 1 aliphatic heterocycles. The van der Waals surface area contributed by atoms with Crippen molar-refractivity contribution in [3.63, 3.8) is 0 Å². The summed E-state index contributed by atoms with van der Waals surface area (Å²) in [6, 6.07) is 15.6. The standard InChI is InChI=1S/C44H68N2O11S/c1-3-51-25-26-55-30-27-52-22-9-13-38(47)35-45(2)36-39(48)14-10-23-53-28-31-56-32-29-54-24-11-33-58(49,50)41-18-16-40(17-19-41)57-44-42-15-6-5-12-37(42)34-43(44)46-20-7-4-8-21-46/h5-6,12,15-19,43-44H,3-4,7-11,13-14,20-36H2,1-2H3/t43-,44-/m0/s1. The van der Waals surface area contributed by atoms with E-state index in [1.165, 1.54) is 30.4 Å². The van der Waals surface area contributed by atoms with Crippen LogP contribution in [0, 0.1) is 0 Å². The Kier molecular flexibility index (Phi) is 23.0. The Morgan fingerprint density at radius 2 is 1.19 bits per heavy atom. The van der Waals surface area contributed by atoms with Crippen LogP contribution in [0.1, 0.15) is 75.5 Å². The van der Waals surface area contributed by atoms with Crippen molar-refractivity contribution in [1.29, 1.82) is 0 Å². The number of piperidine rings is 1. The second kappa shape index (κ2) is 27.9. The zero-order valence-corrected chi connectivity index (χ0v) is 35.8. The van der Waals surface area contributed by atoms with Gasteiger partial charge in [0.05, 0.1) is 82.6 Å². The smallest absolute Gasteiger partial charge is 0.178 e. The molecule has 58 heavy (non-hydrogen) atoms. The molecule has 4 rings (SSSR count). The van der Waals surface area contributed by atoms with Crippen LogP contribution in [0.3, 0.4) is 0 Å². The van der Waals surface area contributed by atoms with E-state index in [1.54, 1.807) is 36.2 Å². The third-order valence-corrected chi connectivity index (χ3v) is 12.0. The van der Waals surface area contributed by atoms with E-state index in [0.717, 1.165) is 19.5 Å². The Morgan fingerprint density at radius 1 is 0.672 bits per heavy atom. The number of carbonyl (C=O) groups is 2. The average molecular weight is 833 g/mol. The maximum Gasteiger partial charge on any atom is 0.178 e. The molecule has 2 aromatic rings. The molecule has 0 amide bonds. The van der Waals surface area contributed by atoms with Crippen molar-refractivity contribution in [3.05, 3.63) is 59.7 Å². The minimum absolute atomic E-state index is 0.00464. The molecule has 13 nitrogen and oxygen atoms in total. The summed E-state index contributed by atoms with van der Waals surface area (Å²) < 4.78 is 65.4. The van der Waals surface area contributed by atoms with Gasteiger partial charge in [-0.05, 0) is 101 Å². The van der Waals surface area contributed by atoms with Crippen LogP contribution in [0.25, 0.3) is 0 Å². The van der Waals surface area contributed by atoms with Crippen LogP contribution in [0.15, 0.2) is 53.4 Å². The minimum atomic E-state index is -3.46. The van der Waals surface area contributed by atoms with Crippen molar-refractivity contribution in [1.82, 2.24) is 9.80 Å². The quantitative estimate of drug-likeness (QED) is 0.0880. The summed E-state index contributed by atoms with van der Waals surface area (Å²) >= 11 is 0. The summed E-state index contributed by atoms with van der Waals surface area (Å²) in [7, 11) is -1.68. The first-order valence-electron chi connectivity index (χ1n) is 21.3. The zero-order chi connectivity index (χ0) is 41.3. The van der Waals surface area contributed by atoms with Gasteiger partial charge in [0.15, 0.2) is 9.84 Å². The number of nitrogens with zero attached hydrogens (tertiary/aromatic N) is 2. The van der Waals surface area contributed by atoms with Gasteiger partial charge in [-0.2, -0.15) is 0 Å². The Bertz CT molecular complexity index is 1550. The van der Waals surface area contributed by atoms with Gasteiger partial charge in [0, 0.05) is 39.3 Å². The molecule has 0 saturated carbocycles. The van der Waals surface area contributed by atoms with Crippen molar-refractivity contribution in [2.45, 2.75) is 81.8 Å². The summed E-state index contributed by atoms with van der Waals surface area (Å²) in [4.78, 5) is 29.1. The molecule has 1 saturated heterocycles. The highest BCUT2D eigenvalue weighted by molar-refractivity contribution is 7.91. The molecule has 2 aliphatic rings. The van der Waals surface area contributed by atoms with Gasteiger partial charge >= 0.3 is 0 Å². The van der Waals surface area contributed by atoms with Gasteiger partial charge in [0.1, 0.15) is 23.4 Å². The molecule has 326 valence electrons. The van der Waals surface area contributed by atoms with E-state index in [9.17, 15) is 18.0 Å². The van der Waals surface area contributed by atoms with E-state index in [0.29, 0.717) is 117 Å². The lowest BCUT2D eigenvalue weighted by Crippen LogP contribution is -2.43. The molecule has 1 fully saturated rings. The molecule has 0 N–H and O–H groups in total. The fourth-order valence-corrected chi connectivity index (χ4v) is 8.56. The summed E-state index contributed by atoms with van der Waals surface area (Å²) in [5.74, 6) is 0.833. The number of rotatable bonds is 33. The van der Waals surface area contributed by atoms with Gasteiger partial charge in [0.25, 0.3) is 0 Å². The monoisotopic (exact) mass is 832 g/mol. The first kappa shape index (κ1) is 47.9. The molecular formula is C44H68N2O11S. The van der Waals surface area contributed by atoms with Crippen LogP contribution in [0.2, 0.25) is 0 Å². The lowest BCUT2D eigenvalue weighted by atomic mass is 10.0. The molecule has 2 atom stereocenters. The molecule has 0 unspecified atom stereocenters. The van der Waals surface area contributed by atoms with Crippen LogP contribution in [-0.4, -0.2) is 154 Å². The summed E-state index contributed by atoms with van der Waals surface area (Å²) in [6.07, 6.45) is 7.04. The normalized spacial score (nSPS) is 17.2. The van der Waals surface area contributed by atoms with Gasteiger partial charge in [-0.15, -0.1) is 0 Å². The fraction of sp³-hybridized carbons (Fsp3) is 0.682. The van der Waals surface area contributed by atoms with Crippen LogP contribution in [0.4, 0.5) is 0 Å². The number of carbonyl (C=O) groups excluding carboxylic acids is 2. The molecule has 0 radical (unpaired) electrons. The maximum absolute atomic E-state index is 13.0. The molecule has 1 aliphatic carbocycles. The number of likely N-dealkylation sites (tertiary alicyclic amines) is 1. The number of ketones is 2. The number of sulfone groups is 1. The average Bonchev–Trinajstić information content (AvgIpc) is 3.58. The van der Waals surface area contributed by atoms with Crippen molar-refractivity contribution >= 4 is 21.4 Å². The fourth-order valence-electron chi connectivity index (χ4n) is 7.28. The van der Waals surface area contributed by atoms with Gasteiger partial charge in [-0.1, -0.05) is 30.7 Å². The van der Waals surface area contributed by atoms with Crippen LogP contribution in [-0.2, 0) is 54.3 Å². The number of ether oxygens (including phenoxy) is 7. The Labute approximate surface area is 346 Å². The number of benzene rings is 2. The summed E-state index contributed by atoms with van der Waals surface area (Å²) in [6.45, 7) is 10.2.